The third-order valence-corrected chi connectivity index (χ3v) is 6.92. The van der Waals surface area contributed by atoms with Gasteiger partial charge in [-0.15, -0.1) is 0 Å². The number of anilines is 2. The lowest BCUT2D eigenvalue weighted by Crippen LogP contribution is -2.59. The molecule has 2 heterocycles. The van der Waals surface area contributed by atoms with Crippen LogP contribution in [0.2, 0.25) is 0 Å². The molecule has 5 atom stereocenters. The number of hydrogen-bond acceptors (Lipinski definition) is 9. The van der Waals surface area contributed by atoms with E-state index in [4.69, 9.17) is 9.47 Å². The lowest BCUT2D eigenvalue weighted by molar-refractivity contribution is -0.285. The second-order valence-corrected chi connectivity index (χ2v) is 9.79. The number of pyridine rings is 1. The molecule has 12 heteroatoms. The summed E-state index contributed by atoms with van der Waals surface area (Å²) >= 11 is 0. The smallest absolute Gasteiger partial charge is 0.418 e. The molecular weight excluding hydrogens is 533 g/mol. The number of esters is 1. The van der Waals surface area contributed by atoms with Crippen molar-refractivity contribution in [2.45, 2.75) is 55.6 Å². The summed E-state index contributed by atoms with van der Waals surface area (Å²) in [5.41, 5.74) is -0.120. The van der Waals surface area contributed by atoms with Crippen LogP contribution in [0.5, 0.6) is 0 Å². The zero-order chi connectivity index (χ0) is 28.6. The van der Waals surface area contributed by atoms with Crippen LogP contribution >= 0.6 is 0 Å². The molecule has 0 amide bonds. The van der Waals surface area contributed by atoms with E-state index >= 15 is 0 Å². The van der Waals surface area contributed by atoms with Crippen LogP contribution in [-0.2, 0) is 15.7 Å². The van der Waals surface area contributed by atoms with Crippen molar-refractivity contribution >= 4 is 17.3 Å². The van der Waals surface area contributed by atoms with Gasteiger partial charge in [0.1, 0.15) is 18.3 Å². The van der Waals surface area contributed by atoms with Crippen LogP contribution in [-0.4, -0.2) is 68.7 Å². The first-order valence-corrected chi connectivity index (χ1v) is 12.6. The molecule has 5 N–H and O–H groups in total. The minimum atomic E-state index is -4.72. The molecule has 3 aromatic rings. The molecule has 0 bridgehead atoms. The molecule has 1 aliphatic heterocycles. The topological polar surface area (TPSA) is 141 Å². The van der Waals surface area contributed by atoms with Crippen molar-refractivity contribution in [3.63, 3.8) is 0 Å². The first-order valence-electron chi connectivity index (χ1n) is 12.6. The Hall–Kier alpha value is -3.55. The van der Waals surface area contributed by atoms with Crippen LogP contribution in [0.4, 0.5) is 24.5 Å². The van der Waals surface area contributed by atoms with E-state index in [0.29, 0.717) is 0 Å². The van der Waals surface area contributed by atoms with Crippen molar-refractivity contribution in [1.82, 2.24) is 4.98 Å². The molecule has 5 rings (SSSR count). The molecule has 5 unspecified atom stereocenters. The van der Waals surface area contributed by atoms with Gasteiger partial charge in [-0.05, 0) is 42.5 Å². The van der Waals surface area contributed by atoms with Gasteiger partial charge in [-0.3, -0.25) is 4.98 Å². The summed E-state index contributed by atoms with van der Waals surface area (Å²) in [5.74, 6) is -0.798. The van der Waals surface area contributed by atoms with Crippen molar-refractivity contribution < 1.29 is 47.9 Å². The predicted octanol–water partition coefficient (Wildman–Crippen LogP) is 3.35. The minimum absolute atomic E-state index is 0.0397. The van der Waals surface area contributed by atoms with Crippen molar-refractivity contribution in [3.8, 4) is 11.3 Å². The molecule has 0 spiro atoms. The molecule has 2 aromatic carbocycles. The van der Waals surface area contributed by atoms with E-state index in [1.165, 1.54) is 30.5 Å². The summed E-state index contributed by atoms with van der Waals surface area (Å²) < 4.78 is 52.3. The van der Waals surface area contributed by atoms with Crippen LogP contribution in [0.25, 0.3) is 11.3 Å². The number of ether oxygens (including phenoxy) is 2. The number of hydrogen-bond donors (Lipinski definition) is 5. The van der Waals surface area contributed by atoms with E-state index in [-0.39, 0.29) is 34.1 Å². The number of benzene rings is 2. The maximum absolute atomic E-state index is 14.0. The van der Waals surface area contributed by atoms with E-state index < -0.39 is 55.0 Å². The van der Waals surface area contributed by atoms with Gasteiger partial charge in [-0.25, -0.2) is 4.79 Å². The number of aliphatic hydroxyl groups excluding tert-OH is 4. The lowest BCUT2D eigenvalue weighted by atomic mass is 9.98. The second-order valence-electron chi connectivity index (χ2n) is 9.79. The molecular formula is C28H27F3N2O7. The number of halogens is 3. The number of nitrogens with one attached hydrogen (secondary N) is 1. The van der Waals surface area contributed by atoms with Gasteiger partial charge in [0.05, 0.1) is 41.0 Å². The number of nitrogens with zero attached hydrogens (tertiary/aromatic N) is 1. The fourth-order valence-corrected chi connectivity index (χ4v) is 4.63. The molecule has 1 saturated heterocycles. The van der Waals surface area contributed by atoms with E-state index in [0.717, 1.165) is 24.5 Å². The van der Waals surface area contributed by atoms with Gasteiger partial charge in [0.25, 0.3) is 0 Å². The second kappa shape index (κ2) is 11.1. The molecule has 1 aromatic heterocycles. The van der Waals surface area contributed by atoms with Gasteiger partial charge in [0, 0.05) is 5.56 Å². The molecule has 40 heavy (non-hydrogen) atoms. The number of carbonyl (C=O) groups is 1. The summed E-state index contributed by atoms with van der Waals surface area (Å²) in [6, 6.07) is 13.7. The number of carbonyl (C=O) groups excluding carboxylic acids is 1. The van der Waals surface area contributed by atoms with Crippen LogP contribution in [0.3, 0.4) is 0 Å². The summed E-state index contributed by atoms with van der Waals surface area (Å²) in [6.07, 6.45) is -9.94. The van der Waals surface area contributed by atoms with Crippen molar-refractivity contribution in [2.24, 2.45) is 0 Å². The summed E-state index contributed by atoms with van der Waals surface area (Å²) in [7, 11) is 0. The Morgan fingerprint density at radius 2 is 1.77 bits per heavy atom. The van der Waals surface area contributed by atoms with Gasteiger partial charge >= 0.3 is 12.1 Å². The van der Waals surface area contributed by atoms with Crippen LogP contribution in [0, 0.1) is 0 Å². The van der Waals surface area contributed by atoms with Gasteiger partial charge in [-0.2, -0.15) is 13.2 Å². The summed E-state index contributed by atoms with van der Waals surface area (Å²) in [6.45, 7) is -0.712. The van der Waals surface area contributed by atoms with Gasteiger partial charge in [-0.1, -0.05) is 36.4 Å². The molecule has 2 fully saturated rings. The van der Waals surface area contributed by atoms with E-state index in [9.17, 15) is 38.4 Å². The van der Waals surface area contributed by atoms with Crippen LogP contribution < -0.4 is 5.32 Å². The third kappa shape index (κ3) is 5.81. The zero-order valence-electron chi connectivity index (χ0n) is 21.0. The number of aromatic nitrogens is 1. The summed E-state index contributed by atoms with van der Waals surface area (Å²) in [5, 5.41) is 42.9. The average Bonchev–Trinajstić information content (AvgIpc) is 3.79. The largest absolute Gasteiger partial charge is 0.453 e. The minimum Gasteiger partial charge on any atom is -0.453 e. The highest BCUT2D eigenvalue weighted by atomic mass is 19.4. The Morgan fingerprint density at radius 1 is 1.05 bits per heavy atom. The first-order chi connectivity index (χ1) is 19.1. The first kappa shape index (κ1) is 28.0. The predicted molar refractivity (Wildman–Crippen MR) is 136 cm³/mol. The van der Waals surface area contributed by atoms with Crippen LogP contribution in [0.1, 0.15) is 40.2 Å². The highest BCUT2D eigenvalue weighted by molar-refractivity contribution is 5.97. The van der Waals surface area contributed by atoms with Crippen molar-refractivity contribution in [2.75, 3.05) is 11.9 Å². The zero-order valence-corrected chi connectivity index (χ0v) is 21.0. The standard InChI is InChI=1S/C28H27F3N2O7/c29-28(30,31)19-11-17(12-32-22(19)15-4-2-1-3-5-15)33-20-9-8-16(14-6-7-14)10-18(20)26(37)40-25-23(35)21(13-34)39-27(38)24(25)36/h1-5,8-12,14,21,23-25,27,33-36,38H,6-7,13H2. The van der Waals surface area contributed by atoms with E-state index in [2.05, 4.69) is 10.3 Å². The fraction of sp³-hybridized carbons (Fsp3) is 0.357. The normalized spacial score (nSPS) is 24.9. The van der Waals surface area contributed by atoms with Gasteiger partial charge < -0.3 is 35.2 Å². The van der Waals surface area contributed by atoms with Gasteiger partial charge in [0.2, 0.25) is 0 Å². The van der Waals surface area contributed by atoms with Crippen LogP contribution in [0.15, 0.2) is 60.8 Å². The number of rotatable bonds is 7. The number of aliphatic hydroxyl groups is 4. The van der Waals surface area contributed by atoms with Gasteiger partial charge in [0.15, 0.2) is 12.4 Å². The van der Waals surface area contributed by atoms with Crippen molar-refractivity contribution in [1.29, 1.82) is 0 Å². The van der Waals surface area contributed by atoms with E-state index in [1.54, 1.807) is 24.3 Å². The summed E-state index contributed by atoms with van der Waals surface area (Å²) in [4.78, 5) is 17.4. The maximum atomic E-state index is 14.0. The molecule has 1 saturated carbocycles. The molecule has 9 nitrogen and oxygen atoms in total. The quantitative estimate of drug-likeness (QED) is 0.275. The fourth-order valence-electron chi connectivity index (χ4n) is 4.63. The molecule has 212 valence electrons. The van der Waals surface area contributed by atoms with E-state index in [1.807, 2.05) is 0 Å². The Labute approximate surface area is 226 Å². The average molecular weight is 561 g/mol. The maximum Gasteiger partial charge on any atom is 0.418 e. The SMILES string of the molecule is O=C(OC1C(O)C(O)OC(CO)C1O)c1cc(C2CC2)ccc1Nc1cnc(-c2ccccc2)c(C(F)(F)F)c1. The highest BCUT2D eigenvalue weighted by Crippen LogP contribution is 2.42. The third-order valence-electron chi connectivity index (χ3n) is 6.92. The Balaban J connectivity index is 1.47. The molecule has 0 radical (unpaired) electrons. The highest BCUT2D eigenvalue weighted by Gasteiger charge is 2.46. The molecule has 2 aliphatic rings. The Morgan fingerprint density at radius 3 is 2.42 bits per heavy atom. The van der Waals surface area contributed by atoms with Crippen molar-refractivity contribution in [3.05, 3.63) is 77.5 Å². The Kier molecular flexibility index (Phi) is 7.80. The molecule has 1 aliphatic carbocycles. The monoisotopic (exact) mass is 560 g/mol. The Bertz CT molecular complexity index is 1370. The lowest BCUT2D eigenvalue weighted by Gasteiger charge is -2.39. The number of alkyl halides is 3.